The molecule has 1 fully saturated rings. The van der Waals surface area contributed by atoms with Crippen LogP contribution in [0.4, 0.5) is 24.8 Å². The first-order chi connectivity index (χ1) is 9.90. The topological polar surface area (TPSA) is 37.0 Å². The molecule has 0 amide bonds. The minimum absolute atomic E-state index is 0.226. The minimum atomic E-state index is -4.36. The second-order valence-electron chi connectivity index (χ2n) is 5.78. The molecule has 3 nitrogen and oxygen atoms in total. The highest BCUT2D eigenvalue weighted by Crippen LogP contribution is 2.33. The van der Waals surface area contributed by atoms with Crippen LogP contribution in [-0.2, 0) is 6.18 Å². The van der Waals surface area contributed by atoms with Gasteiger partial charge in [0.2, 0.25) is 0 Å². The summed E-state index contributed by atoms with van der Waals surface area (Å²) in [5, 5.41) is 5.76. The SMILES string of the molecule is CNc1cc(C(F)(F)F)cc(NCC2CCCCC2C)n1. The van der Waals surface area contributed by atoms with Crippen LogP contribution in [-0.4, -0.2) is 18.6 Å². The maximum absolute atomic E-state index is 12.9. The van der Waals surface area contributed by atoms with Crippen molar-refractivity contribution in [3.63, 3.8) is 0 Å². The molecule has 1 aromatic rings. The molecule has 1 aliphatic rings. The van der Waals surface area contributed by atoms with Gasteiger partial charge in [-0.05, 0) is 30.4 Å². The molecule has 1 heterocycles. The summed E-state index contributed by atoms with van der Waals surface area (Å²) in [5.74, 6) is 1.63. The maximum Gasteiger partial charge on any atom is 0.416 e. The van der Waals surface area contributed by atoms with E-state index in [9.17, 15) is 13.2 Å². The zero-order chi connectivity index (χ0) is 15.5. The summed E-state index contributed by atoms with van der Waals surface area (Å²) in [6, 6.07) is 2.10. The molecule has 118 valence electrons. The fourth-order valence-electron chi connectivity index (χ4n) is 2.84. The molecule has 21 heavy (non-hydrogen) atoms. The van der Waals surface area contributed by atoms with E-state index in [0.717, 1.165) is 18.6 Å². The number of hydrogen-bond acceptors (Lipinski definition) is 3. The zero-order valence-corrected chi connectivity index (χ0v) is 12.4. The van der Waals surface area contributed by atoms with Crippen molar-refractivity contribution in [3.8, 4) is 0 Å². The van der Waals surface area contributed by atoms with Crippen molar-refractivity contribution < 1.29 is 13.2 Å². The van der Waals surface area contributed by atoms with Gasteiger partial charge >= 0.3 is 6.18 Å². The molecular weight excluding hydrogens is 279 g/mol. The van der Waals surface area contributed by atoms with E-state index in [1.165, 1.54) is 19.3 Å². The smallest absolute Gasteiger partial charge is 0.373 e. The molecule has 2 N–H and O–H groups in total. The van der Waals surface area contributed by atoms with Gasteiger partial charge in [-0.25, -0.2) is 4.98 Å². The third kappa shape index (κ3) is 4.25. The van der Waals surface area contributed by atoms with E-state index in [4.69, 9.17) is 0 Å². The number of aromatic nitrogens is 1. The highest BCUT2D eigenvalue weighted by Gasteiger charge is 2.31. The molecule has 2 unspecified atom stereocenters. The fourth-order valence-corrected chi connectivity index (χ4v) is 2.84. The predicted octanol–water partition coefficient (Wildman–Crippen LogP) is 4.38. The molecule has 1 aromatic heterocycles. The summed E-state index contributed by atoms with van der Waals surface area (Å²) < 4.78 is 38.6. The molecular formula is C15H22F3N3. The van der Waals surface area contributed by atoms with Crippen molar-refractivity contribution in [1.82, 2.24) is 4.98 Å². The van der Waals surface area contributed by atoms with Crippen LogP contribution in [0.5, 0.6) is 0 Å². The van der Waals surface area contributed by atoms with Gasteiger partial charge < -0.3 is 10.6 Å². The van der Waals surface area contributed by atoms with Crippen molar-refractivity contribution in [2.75, 3.05) is 24.2 Å². The summed E-state index contributed by atoms with van der Waals surface area (Å²) in [7, 11) is 1.56. The Morgan fingerprint density at radius 3 is 2.48 bits per heavy atom. The summed E-state index contributed by atoms with van der Waals surface area (Å²) in [4.78, 5) is 4.15. The van der Waals surface area contributed by atoms with Gasteiger partial charge in [0.15, 0.2) is 0 Å². The van der Waals surface area contributed by atoms with Crippen LogP contribution in [0.1, 0.15) is 38.2 Å². The Morgan fingerprint density at radius 2 is 1.86 bits per heavy atom. The van der Waals surface area contributed by atoms with Gasteiger partial charge in [0, 0.05) is 13.6 Å². The Bertz CT molecular complexity index is 474. The van der Waals surface area contributed by atoms with Gasteiger partial charge in [0.1, 0.15) is 11.6 Å². The van der Waals surface area contributed by atoms with Crippen LogP contribution in [0.15, 0.2) is 12.1 Å². The number of halogens is 3. The van der Waals surface area contributed by atoms with Crippen LogP contribution in [0.25, 0.3) is 0 Å². The van der Waals surface area contributed by atoms with Crippen molar-refractivity contribution >= 4 is 11.6 Å². The van der Waals surface area contributed by atoms with Gasteiger partial charge in [0.25, 0.3) is 0 Å². The number of rotatable bonds is 4. The Labute approximate surface area is 123 Å². The summed E-state index contributed by atoms with van der Waals surface area (Å²) in [6.07, 6.45) is 0.428. The van der Waals surface area contributed by atoms with E-state index in [1.807, 2.05) is 0 Å². The molecule has 1 saturated carbocycles. The highest BCUT2D eigenvalue weighted by atomic mass is 19.4. The van der Waals surface area contributed by atoms with E-state index in [1.54, 1.807) is 7.05 Å². The Morgan fingerprint density at radius 1 is 1.19 bits per heavy atom. The molecule has 0 saturated heterocycles. The number of pyridine rings is 1. The lowest BCUT2D eigenvalue weighted by Gasteiger charge is -2.29. The van der Waals surface area contributed by atoms with Crippen LogP contribution in [0, 0.1) is 11.8 Å². The lowest BCUT2D eigenvalue weighted by atomic mass is 9.80. The van der Waals surface area contributed by atoms with Crippen molar-refractivity contribution in [1.29, 1.82) is 0 Å². The van der Waals surface area contributed by atoms with Gasteiger partial charge in [-0.2, -0.15) is 13.2 Å². The molecule has 0 bridgehead atoms. The van der Waals surface area contributed by atoms with E-state index in [2.05, 4.69) is 22.5 Å². The van der Waals surface area contributed by atoms with Gasteiger partial charge in [-0.3, -0.25) is 0 Å². The van der Waals surface area contributed by atoms with Gasteiger partial charge in [0.05, 0.1) is 5.56 Å². The summed E-state index contributed by atoms with van der Waals surface area (Å²) in [6.45, 7) is 2.89. The lowest BCUT2D eigenvalue weighted by molar-refractivity contribution is -0.137. The number of nitrogens with zero attached hydrogens (tertiary/aromatic N) is 1. The first kappa shape index (κ1) is 15.9. The van der Waals surface area contributed by atoms with Crippen LogP contribution in [0.2, 0.25) is 0 Å². The molecule has 0 aliphatic heterocycles. The lowest BCUT2D eigenvalue weighted by Crippen LogP contribution is -2.24. The first-order valence-electron chi connectivity index (χ1n) is 7.41. The normalized spacial score (nSPS) is 22.9. The molecule has 0 radical (unpaired) electrons. The second kappa shape index (κ2) is 6.54. The Balaban J connectivity index is 2.08. The number of alkyl halides is 3. The molecule has 0 spiro atoms. The standard InChI is InChI=1S/C15H22F3N3/c1-10-5-3-4-6-11(10)9-20-14-8-12(15(16,17)18)7-13(19-2)21-14/h7-8,10-11H,3-6,9H2,1-2H3,(H2,19,20,21). The summed E-state index contributed by atoms with van der Waals surface area (Å²) in [5.41, 5.74) is -0.680. The van der Waals surface area contributed by atoms with Crippen molar-refractivity contribution in [2.24, 2.45) is 11.8 Å². The summed E-state index contributed by atoms with van der Waals surface area (Å²) >= 11 is 0. The fraction of sp³-hybridized carbons (Fsp3) is 0.667. The molecule has 6 heteroatoms. The highest BCUT2D eigenvalue weighted by molar-refractivity contribution is 5.49. The molecule has 1 aliphatic carbocycles. The van der Waals surface area contributed by atoms with Crippen LogP contribution in [0.3, 0.4) is 0 Å². The predicted molar refractivity (Wildman–Crippen MR) is 78.4 cm³/mol. The van der Waals surface area contributed by atoms with Crippen LogP contribution < -0.4 is 10.6 Å². The number of nitrogens with one attached hydrogen (secondary N) is 2. The maximum atomic E-state index is 12.9. The molecule has 0 aromatic carbocycles. The molecule has 2 atom stereocenters. The number of hydrogen-bond donors (Lipinski definition) is 2. The Hall–Kier alpha value is -1.46. The zero-order valence-electron chi connectivity index (χ0n) is 12.4. The van der Waals surface area contributed by atoms with Gasteiger partial charge in [-0.1, -0.05) is 26.2 Å². The number of anilines is 2. The van der Waals surface area contributed by atoms with E-state index >= 15 is 0 Å². The quantitative estimate of drug-likeness (QED) is 0.866. The van der Waals surface area contributed by atoms with Crippen molar-refractivity contribution in [2.45, 2.75) is 38.8 Å². The monoisotopic (exact) mass is 301 g/mol. The van der Waals surface area contributed by atoms with Crippen molar-refractivity contribution in [3.05, 3.63) is 17.7 Å². The third-order valence-electron chi connectivity index (χ3n) is 4.24. The van der Waals surface area contributed by atoms with Gasteiger partial charge in [-0.15, -0.1) is 0 Å². The third-order valence-corrected chi connectivity index (χ3v) is 4.24. The van der Waals surface area contributed by atoms with E-state index in [-0.39, 0.29) is 11.6 Å². The van der Waals surface area contributed by atoms with Crippen LogP contribution >= 0.6 is 0 Å². The average Bonchev–Trinajstić information content (AvgIpc) is 2.45. The first-order valence-corrected chi connectivity index (χ1v) is 7.41. The second-order valence-corrected chi connectivity index (χ2v) is 5.78. The van der Waals surface area contributed by atoms with E-state index < -0.39 is 11.7 Å². The van der Waals surface area contributed by atoms with E-state index in [0.29, 0.717) is 18.4 Å². The largest absolute Gasteiger partial charge is 0.416 e. The minimum Gasteiger partial charge on any atom is -0.373 e. The molecule has 2 rings (SSSR count). The average molecular weight is 301 g/mol. The Kier molecular flexibility index (Phi) is 4.96.